The van der Waals surface area contributed by atoms with E-state index in [9.17, 15) is 9.18 Å². The van der Waals surface area contributed by atoms with Gasteiger partial charge in [0.1, 0.15) is 23.9 Å². The van der Waals surface area contributed by atoms with Gasteiger partial charge in [-0.05, 0) is 35.9 Å². The second-order valence-electron chi connectivity index (χ2n) is 5.85. The molecule has 0 aliphatic carbocycles. The van der Waals surface area contributed by atoms with E-state index in [1.165, 1.54) is 12.1 Å². The predicted octanol–water partition coefficient (Wildman–Crippen LogP) is 3.70. The molecule has 1 amide bonds. The molecule has 6 nitrogen and oxygen atoms in total. The highest BCUT2D eigenvalue weighted by atomic mass is 19.1. The lowest BCUT2D eigenvalue weighted by atomic mass is 10.2. The zero-order valence-electron chi connectivity index (χ0n) is 14.2. The summed E-state index contributed by atoms with van der Waals surface area (Å²) < 4.78 is 20.5. The van der Waals surface area contributed by atoms with Crippen molar-refractivity contribution in [2.75, 3.05) is 5.32 Å². The number of hydrogen-bond acceptors (Lipinski definition) is 4. The molecule has 4 rings (SSSR count). The van der Waals surface area contributed by atoms with Crippen LogP contribution in [0.4, 0.5) is 10.1 Å². The number of rotatable bonds is 5. The van der Waals surface area contributed by atoms with Crippen LogP contribution in [0, 0.1) is 5.82 Å². The second kappa shape index (κ2) is 7.25. The molecule has 0 atom stereocenters. The van der Waals surface area contributed by atoms with Gasteiger partial charge in [-0.15, -0.1) is 0 Å². The van der Waals surface area contributed by atoms with Crippen LogP contribution in [0.3, 0.4) is 0 Å². The molecule has 134 valence electrons. The molecule has 0 aliphatic rings. The van der Waals surface area contributed by atoms with Gasteiger partial charge in [0.05, 0.1) is 0 Å². The molecule has 2 heterocycles. The molecule has 2 aromatic heterocycles. The normalized spacial score (nSPS) is 10.7. The molecule has 0 radical (unpaired) electrons. The summed E-state index contributed by atoms with van der Waals surface area (Å²) in [6.07, 6.45) is 5.01. The number of aromatic nitrogens is 3. The molecule has 7 heteroatoms. The minimum absolute atomic E-state index is 0.255. The molecule has 0 spiro atoms. The van der Waals surface area contributed by atoms with Crippen LogP contribution in [-0.4, -0.2) is 20.3 Å². The van der Waals surface area contributed by atoms with Gasteiger partial charge in [0.15, 0.2) is 0 Å². The number of imidazole rings is 1. The summed E-state index contributed by atoms with van der Waals surface area (Å²) in [4.78, 5) is 20.7. The van der Waals surface area contributed by atoms with Crippen molar-refractivity contribution in [2.45, 2.75) is 6.61 Å². The predicted molar refractivity (Wildman–Crippen MR) is 98.1 cm³/mol. The van der Waals surface area contributed by atoms with Crippen LogP contribution < -0.4 is 10.1 Å². The number of hydrogen-bond donors (Lipinski definition) is 1. The topological polar surface area (TPSA) is 68.5 Å². The molecule has 0 aliphatic heterocycles. The molecule has 0 saturated heterocycles. The highest BCUT2D eigenvalue weighted by molar-refractivity contribution is 6.03. The average molecular weight is 362 g/mol. The van der Waals surface area contributed by atoms with E-state index in [0.29, 0.717) is 17.2 Å². The largest absolute Gasteiger partial charge is 0.489 e. The van der Waals surface area contributed by atoms with Gasteiger partial charge in [0, 0.05) is 30.3 Å². The van der Waals surface area contributed by atoms with Crippen LogP contribution in [-0.2, 0) is 6.61 Å². The Kier molecular flexibility index (Phi) is 4.49. The van der Waals surface area contributed by atoms with Crippen molar-refractivity contribution in [1.82, 2.24) is 14.4 Å². The van der Waals surface area contributed by atoms with Crippen molar-refractivity contribution >= 4 is 17.4 Å². The molecular formula is C20H15FN4O2. The summed E-state index contributed by atoms with van der Waals surface area (Å²) in [5.74, 6) is 0.223. The van der Waals surface area contributed by atoms with Crippen molar-refractivity contribution in [1.29, 1.82) is 0 Å². The second-order valence-corrected chi connectivity index (χ2v) is 5.85. The number of fused-ring (bicyclic) bond motifs is 1. The highest BCUT2D eigenvalue weighted by Crippen LogP contribution is 2.17. The maximum atomic E-state index is 13.2. The Labute approximate surface area is 154 Å². The fourth-order valence-corrected chi connectivity index (χ4v) is 2.60. The van der Waals surface area contributed by atoms with E-state index in [1.807, 2.05) is 12.1 Å². The molecule has 0 unspecified atom stereocenters. The molecule has 2 aromatic carbocycles. The fraction of sp³-hybridized carbons (Fsp3) is 0.0500. The van der Waals surface area contributed by atoms with E-state index in [4.69, 9.17) is 4.74 Å². The number of nitrogens with zero attached hydrogens (tertiary/aromatic N) is 3. The number of amides is 1. The first-order valence-electron chi connectivity index (χ1n) is 8.26. The lowest BCUT2D eigenvalue weighted by Gasteiger charge is -2.08. The summed E-state index contributed by atoms with van der Waals surface area (Å²) >= 11 is 0. The van der Waals surface area contributed by atoms with Crippen molar-refractivity contribution in [3.63, 3.8) is 0 Å². The zero-order chi connectivity index (χ0) is 18.6. The third-order valence-electron chi connectivity index (χ3n) is 3.85. The van der Waals surface area contributed by atoms with Gasteiger partial charge >= 0.3 is 0 Å². The quantitative estimate of drug-likeness (QED) is 0.588. The fourth-order valence-electron chi connectivity index (χ4n) is 2.60. The first-order valence-corrected chi connectivity index (χ1v) is 8.26. The standard InChI is InChI=1S/C20H15FN4O2/c21-15-5-2-7-17(11-15)27-13-14-4-1-6-16(10-14)23-19(26)18-12-25-9-3-8-22-20(25)24-18/h1-12H,13H2,(H,23,26). The average Bonchev–Trinajstić information content (AvgIpc) is 3.11. The number of carbonyl (C=O) groups is 1. The SMILES string of the molecule is O=C(Nc1cccc(COc2cccc(F)c2)c1)c1cn2cccnc2n1. The van der Waals surface area contributed by atoms with E-state index < -0.39 is 0 Å². The van der Waals surface area contributed by atoms with Crippen molar-refractivity contribution in [2.24, 2.45) is 0 Å². The van der Waals surface area contributed by atoms with E-state index in [-0.39, 0.29) is 24.0 Å². The lowest BCUT2D eigenvalue weighted by molar-refractivity contribution is 0.102. The van der Waals surface area contributed by atoms with Crippen LogP contribution >= 0.6 is 0 Å². The number of carbonyl (C=O) groups excluding carboxylic acids is 1. The van der Waals surface area contributed by atoms with E-state index in [1.54, 1.807) is 53.3 Å². The Hall–Kier alpha value is -3.74. The Morgan fingerprint density at radius 1 is 1.15 bits per heavy atom. The number of ether oxygens (including phenoxy) is 1. The van der Waals surface area contributed by atoms with Gasteiger partial charge in [-0.3, -0.25) is 9.20 Å². The van der Waals surface area contributed by atoms with Gasteiger partial charge in [0.2, 0.25) is 5.78 Å². The smallest absolute Gasteiger partial charge is 0.275 e. The lowest BCUT2D eigenvalue weighted by Crippen LogP contribution is -2.12. The van der Waals surface area contributed by atoms with Gasteiger partial charge in [-0.1, -0.05) is 18.2 Å². The van der Waals surface area contributed by atoms with Gasteiger partial charge in [0.25, 0.3) is 5.91 Å². The molecule has 27 heavy (non-hydrogen) atoms. The van der Waals surface area contributed by atoms with Crippen molar-refractivity contribution in [3.05, 3.63) is 90.3 Å². The summed E-state index contributed by atoms with van der Waals surface area (Å²) in [5, 5.41) is 2.81. The summed E-state index contributed by atoms with van der Waals surface area (Å²) in [5.41, 5.74) is 1.73. The first-order chi connectivity index (χ1) is 13.2. The minimum atomic E-state index is -0.351. The number of nitrogens with one attached hydrogen (secondary N) is 1. The van der Waals surface area contributed by atoms with E-state index in [0.717, 1.165) is 5.56 Å². The maximum absolute atomic E-state index is 13.2. The van der Waals surface area contributed by atoms with Crippen LogP contribution in [0.15, 0.2) is 73.2 Å². The first kappa shape index (κ1) is 16.7. The maximum Gasteiger partial charge on any atom is 0.275 e. The third kappa shape index (κ3) is 3.92. The molecule has 4 aromatic rings. The van der Waals surface area contributed by atoms with E-state index >= 15 is 0 Å². The van der Waals surface area contributed by atoms with Crippen molar-refractivity contribution in [3.8, 4) is 5.75 Å². The molecule has 1 N–H and O–H groups in total. The van der Waals surface area contributed by atoms with Crippen LogP contribution in [0.2, 0.25) is 0 Å². The highest BCUT2D eigenvalue weighted by Gasteiger charge is 2.11. The number of anilines is 1. The van der Waals surface area contributed by atoms with Gasteiger partial charge in [-0.25, -0.2) is 14.4 Å². The van der Waals surface area contributed by atoms with Crippen LogP contribution in [0.25, 0.3) is 5.78 Å². The number of halogens is 1. The Morgan fingerprint density at radius 2 is 2.04 bits per heavy atom. The minimum Gasteiger partial charge on any atom is -0.489 e. The summed E-state index contributed by atoms with van der Waals surface area (Å²) in [6.45, 7) is 0.255. The molecule has 0 bridgehead atoms. The number of benzene rings is 2. The Bertz CT molecular complexity index is 1080. The monoisotopic (exact) mass is 362 g/mol. The van der Waals surface area contributed by atoms with Crippen LogP contribution in [0.1, 0.15) is 16.1 Å². The van der Waals surface area contributed by atoms with E-state index in [2.05, 4.69) is 15.3 Å². The molecule has 0 fully saturated rings. The third-order valence-corrected chi connectivity index (χ3v) is 3.85. The van der Waals surface area contributed by atoms with Gasteiger partial charge < -0.3 is 10.1 Å². The molecular weight excluding hydrogens is 347 g/mol. The van der Waals surface area contributed by atoms with Crippen LogP contribution in [0.5, 0.6) is 5.75 Å². The Morgan fingerprint density at radius 3 is 2.89 bits per heavy atom. The Balaban J connectivity index is 1.44. The molecule has 0 saturated carbocycles. The summed E-state index contributed by atoms with van der Waals surface area (Å²) in [7, 11) is 0. The summed E-state index contributed by atoms with van der Waals surface area (Å²) in [6, 6.07) is 15.0. The van der Waals surface area contributed by atoms with Crippen molar-refractivity contribution < 1.29 is 13.9 Å². The zero-order valence-corrected chi connectivity index (χ0v) is 14.2. The van der Waals surface area contributed by atoms with Gasteiger partial charge in [-0.2, -0.15) is 0 Å².